The summed E-state index contributed by atoms with van der Waals surface area (Å²) in [7, 11) is 0. The summed E-state index contributed by atoms with van der Waals surface area (Å²) < 4.78 is 22.2. The van der Waals surface area contributed by atoms with Gasteiger partial charge in [-0.05, 0) is 56.7 Å². The van der Waals surface area contributed by atoms with E-state index in [9.17, 15) is 4.79 Å². The molecular formula is C25H37N3O5. The number of para-hydroxylation sites is 1. The van der Waals surface area contributed by atoms with Gasteiger partial charge >= 0.3 is 0 Å². The zero-order chi connectivity index (χ0) is 22.5. The Labute approximate surface area is 196 Å². The summed E-state index contributed by atoms with van der Waals surface area (Å²) in [4.78, 5) is 17.3. The topological polar surface area (TPSA) is 72.5 Å². The van der Waals surface area contributed by atoms with Gasteiger partial charge in [0, 0.05) is 32.2 Å². The maximum atomic E-state index is 12.3. The predicted octanol–water partition coefficient (Wildman–Crippen LogP) is 2.41. The summed E-state index contributed by atoms with van der Waals surface area (Å²) in [6.07, 6.45) is 6.19. The molecule has 1 aromatic carbocycles. The maximum Gasteiger partial charge on any atom is 0.231 e. The van der Waals surface area contributed by atoms with Crippen LogP contribution in [0.2, 0.25) is 0 Å². The molecule has 3 heterocycles. The number of fused-ring (bicyclic) bond motifs is 1. The third-order valence-corrected chi connectivity index (χ3v) is 7.45. The van der Waals surface area contributed by atoms with Crippen molar-refractivity contribution in [3.05, 3.63) is 18.2 Å². The van der Waals surface area contributed by atoms with Crippen molar-refractivity contribution in [3.8, 4) is 11.5 Å². The minimum absolute atomic E-state index is 0.0841. The number of rotatable bonds is 7. The van der Waals surface area contributed by atoms with Crippen molar-refractivity contribution in [1.29, 1.82) is 0 Å². The minimum atomic E-state index is -0.0841. The van der Waals surface area contributed by atoms with Crippen LogP contribution >= 0.6 is 0 Å². The van der Waals surface area contributed by atoms with E-state index in [2.05, 4.69) is 21.2 Å². The average molecular weight is 460 g/mol. The number of hydrogen-bond donors (Lipinski definition) is 1. The number of nitrogens with one attached hydrogen (secondary N) is 1. The molecule has 8 nitrogen and oxygen atoms in total. The van der Waals surface area contributed by atoms with Gasteiger partial charge in [-0.1, -0.05) is 6.07 Å². The molecule has 8 heteroatoms. The second kappa shape index (κ2) is 10.9. The minimum Gasteiger partial charge on any atom is -0.454 e. The van der Waals surface area contributed by atoms with E-state index >= 15 is 0 Å². The smallest absolute Gasteiger partial charge is 0.231 e. The zero-order valence-electron chi connectivity index (χ0n) is 19.5. The molecular weight excluding hydrogens is 422 g/mol. The molecule has 0 bridgehead atoms. The normalized spacial score (nSPS) is 28.0. The first-order chi connectivity index (χ1) is 16.2. The number of carbonyl (C=O) groups excluding carboxylic acids is 1. The number of hydrogen-bond acceptors (Lipinski definition) is 7. The maximum absolute atomic E-state index is 12.3. The number of nitrogens with zero attached hydrogens (tertiary/aromatic N) is 2. The van der Waals surface area contributed by atoms with Crippen molar-refractivity contribution in [2.24, 2.45) is 5.92 Å². The van der Waals surface area contributed by atoms with Gasteiger partial charge in [-0.15, -0.1) is 0 Å². The Bertz CT molecular complexity index is 784. The Kier molecular flexibility index (Phi) is 7.53. The highest BCUT2D eigenvalue weighted by atomic mass is 16.7. The summed E-state index contributed by atoms with van der Waals surface area (Å²) in [6, 6.07) is 6.48. The van der Waals surface area contributed by atoms with Crippen LogP contribution in [0.5, 0.6) is 11.5 Å². The molecule has 1 aromatic rings. The van der Waals surface area contributed by atoms with Crippen molar-refractivity contribution in [1.82, 2.24) is 10.2 Å². The average Bonchev–Trinajstić information content (AvgIpc) is 3.34. The van der Waals surface area contributed by atoms with Gasteiger partial charge in [0.2, 0.25) is 12.7 Å². The highest BCUT2D eigenvalue weighted by Crippen LogP contribution is 2.41. The van der Waals surface area contributed by atoms with Gasteiger partial charge in [0.05, 0.1) is 38.0 Å². The third kappa shape index (κ3) is 5.91. The first kappa shape index (κ1) is 22.7. The van der Waals surface area contributed by atoms with Gasteiger partial charge in [-0.2, -0.15) is 0 Å². The van der Waals surface area contributed by atoms with Crippen LogP contribution in [-0.2, 0) is 14.3 Å². The van der Waals surface area contributed by atoms with Crippen molar-refractivity contribution in [3.63, 3.8) is 0 Å². The molecule has 0 aromatic heterocycles. The van der Waals surface area contributed by atoms with E-state index in [4.69, 9.17) is 18.9 Å². The summed E-state index contributed by atoms with van der Waals surface area (Å²) in [5.41, 5.74) is 1.16. The number of amides is 1. The summed E-state index contributed by atoms with van der Waals surface area (Å²) in [5, 5.41) is 3.22. The molecule has 1 amide bonds. The monoisotopic (exact) mass is 459 g/mol. The molecule has 1 N–H and O–H groups in total. The summed E-state index contributed by atoms with van der Waals surface area (Å²) >= 11 is 0. The molecule has 1 saturated carbocycles. The van der Waals surface area contributed by atoms with E-state index in [1.807, 2.05) is 12.1 Å². The lowest BCUT2D eigenvalue weighted by Crippen LogP contribution is -2.47. The molecule has 0 radical (unpaired) electrons. The van der Waals surface area contributed by atoms with Gasteiger partial charge in [-0.3, -0.25) is 9.69 Å². The highest BCUT2D eigenvalue weighted by molar-refractivity contribution is 5.76. The Balaban J connectivity index is 0.980. The number of benzene rings is 1. The lowest BCUT2D eigenvalue weighted by molar-refractivity contribution is -0.132. The molecule has 182 valence electrons. The summed E-state index contributed by atoms with van der Waals surface area (Å²) in [6.45, 7) is 7.47. The Hall–Kier alpha value is -2.03. The Morgan fingerprint density at radius 1 is 1.03 bits per heavy atom. The van der Waals surface area contributed by atoms with Gasteiger partial charge in [0.25, 0.3) is 0 Å². The van der Waals surface area contributed by atoms with Gasteiger partial charge in [0.1, 0.15) is 0 Å². The van der Waals surface area contributed by atoms with Gasteiger partial charge in [-0.25, -0.2) is 0 Å². The van der Waals surface area contributed by atoms with Gasteiger partial charge in [0.15, 0.2) is 11.5 Å². The highest BCUT2D eigenvalue weighted by Gasteiger charge is 2.27. The molecule has 0 unspecified atom stereocenters. The standard InChI is InChI=1S/C25H37N3O5/c29-24(16-21-17-30-14-15-31-21)26-20-6-4-19(5-7-20)8-9-27-10-12-28(13-11-27)22-2-1-3-23-25(22)33-18-32-23/h1-3,19-21H,4-18H2,(H,26,29)/t19?,20?,21-/m0/s1. The summed E-state index contributed by atoms with van der Waals surface area (Å²) in [5.74, 6) is 2.63. The van der Waals surface area contributed by atoms with Crippen LogP contribution < -0.4 is 19.7 Å². The van der Waals surface area contributed by atoms with E-state index in [0.717, 1.165) is 62.1 Å². The molecule has 3 fully saturated rings. The fraction of sp³-hybridized carbons (Fsp3) is 0.720. The SMILES string of the molecule is O=C(C[C@H]1COCCO1)NC1CCC(CCN2CCN(c3cccc4c3OCO4)CC2)CC1. The van der Waals surface area contributed by atoms with Crippen LogP contribution in [0.25, 0.3) is 0 Å². The van der Waals surface area contributed by atoms with E-state index in [-0.39, 0.29) is 12.0 Å². The lowest BCUT2D eigenvalue weighted by atomic mass is 9.84. The second-order valence-electron chi connectivity index (χ2n) is 9.69. The molecule has 1 aliphatic carbocycles. The van der Waals surface area contributed by atoms with Crippen molar-refractivity contribution in [2.45, 2.75) is 50.7 Å². The lowest BCUT2D eigenvalue weighted by Gasteiger charge is -2.37. The number of piperazine rings is 1. The predicted molar refractivity (Wildman–Crippen MR) is 125 cm³/mol. The number of anilines is 1. The molecule has 5 rings (SSSR count). The van der Waals surface area contributed by atoms with Crippen LogP contribution in [0.15, 0.2) is 18.2 Å². The van der Waals surface area contributed by atoms with Gasteiger partial charge < -0.3 is 29.2 Å². The van der Waals surface area contributed by atoms with Crippen molar-refractivity contribution < 1.29 is 23.7 Å². The van der Waals surface area contributed by atoms with Crippen LogP contribution in [-0.4, -0.2) is 82.3 Å². The molecule has 33 heavy (non-hydrogen) atoms. The quantitative estimate of drug-likeness (QED) is 0.671. The fourth-order valence-corrected chi connectivity index (χ4v) is 5.48. The van der Waals surface area contributed by atoms with Crippen LogP contribution in [0.1, 0.15) is 38.5 Å². The molecule has 4 aliphatic rings. The van der Waals surface area contributed by atoms with E-state index < -0.39 is 0 Å². The first-order valence-corrected chi connectivity index (χ1v) is 12.6. The van der Waals surface area contributed by atoms with Crippen LogP contribution in [0.4, 0.5) is 5.69 Å². The zero-order valence-corrected chi connectivity index (χ0v) is 19.5. The first-order valence-electron chi connectivity index (χ1n) is 12.6. The van der Waals surface area contributed by atoms with Crippen molar-refractivity contribution >= 4 is 11.6 Å². The van der Waals surface area contributed by atoms with E-state index in [1.54, 1.807) is 0 Å². The second-order valence-corrected chi connectivity index (χ2v) is 9.69. The van der Waals surface area contributed by atoms with E-state index in [1.165, 1.54) is 25.8 Å². The third-order valence-electron chi connectivity index (χ3n) is 7.45. The Morgan fingerprint density at radius 3 is 2.67 bits per heavy atom. The van der Waals surface area contributed by atoms with E-state index in [0.29, 0.717) is 39.1 Å². The Morgan fingerprint density at radius 2 is 1.88 bits per heavy atom. The van der Waals surface area contributed by atoms with Crippen LogP contribution in [0.3, 0.4) is 0 Å². The molecule has 1 atom stereocenters. The van der Waals surface area contributed by atoms with Crippen LogP contribution in [0, 0.1) is 5.92 Å². The largest absolute Gasteiger partial charge is 0.454 e. The molecule has 3 aliphatic heterocycles. The number of carbonyl (C=O) groups is 1. The van der Waals surface area contributed by atoms with Crippen molar-refractivity contribution in [2.75, 3.05) is 64.2 Å². The molecule has 2 saturated heterocycles. The molecule has 0 spiro atoms. The fourth-order valence-electron chi connectivity index (χ4n) is 5.48. The number of ether oxygens (including phenoxy) is 4.